The molecule has 1 aromatic carbocycles. The Morgan fingerprint density at radius 2 is 1.88 bits per heavy atom. The molecule has 0 aliphatic heterocycles. The second-order valence-electron chi connectivity index (χ2n) is 5.37. The van der Waals surface area contributed by atoms with Crippen molar-refractivity contribution in [2.75, 3.05) is 6.54 Å². The summed E-state index contributed by atoms with van der Waals surface area (Å²) in [6.07, 6.45) is 8.18. The number of rotatable bonds is 10. The third-order valence-corrected chi connectivity index (χ3v) is 3.30. The Hall–Kier alpha value is -1.59. The number of carbonyl (C=O) groups is 1. The lowest BCUT2D eigenvalue weighted by molar-refractivity contribution is -0.177. The minimum absolute atomic E-state index is 0.263. The number of halogens is 1. The van der Waals surface area contributed by atoms with E-state index in [0.717, 1.165) is 24.0 Å². The molecule has 0 bridgehead atoms. The molecule has 25 heavy (non-hydrogen) atoms. The molecule has 1 aromatic rings. The van der Waals surface area contributed by atoms with E-state index in [2.05, 4.69) is 38.5 Å². The van der Waals surface area contributed by atoms with Crippen molar-refractivity contribution < 1.29 is 14.0 Å². The quantitative estimate of drug-likeness (QED) is 0.171. The Morgan fingerprint density at radius 3 is 2.32 bits per heavy atom. The van der Waals surface area contributed by atoms with E-state index in [1.807, 2.05) is 6.92 Å². The number of amides is 1. The van der Waals surface area contributed by atoms with Gasteiger partial charge in [-0.25, -0.2) is 9.45 Å². The predicted octanol–water partition coefficient (Wildman–Crippen LogP) is 5.80. The van der Waals surface area contributed by atoms with Crippen LogP contribution in [0.3, 0.4) is 0 Å². The summed E-state index contributed by atoms with van der Waals surface area (Å²) in [4.78, 5) is 16.1. The number of hydroxylamine groups is 2. The van der Waals surface area contributed by atoms with Crippen LogP contribution in [0.2, 0.25) is 0 Å². The summed E-state index contributed by atoms with van der Waals surface area (Å²) in [7, 11) is 0. The molecular formula is C20H32FNO2S. The van der Waals surface area contributed by atoms with Crippen LogP contribution >= 0.6 is 12.2 Å². The van der Waals surface area contributed by atoms with Crippen molar-refractivity contribution in [3.63, 3.8) is 0 Å². The Kier molecular flexibility index (Phi) is 19.2. The van der Waals surface area contributed by atoms with Gasteiger partial charge >= 0.3 is 0 Å². The van der Waals surface area contributed by atoms with Crippen molar-refractivity contribution in [2.45, 2.75) is 59.5 Å². The first-order chi connectivity index (χ1) is 12.1. The largest absolute Gasteiger partial charge is 0.276 e. The molecule has 0 aliphatic rings. The molecule has 3 nitrogen and oxygen atoms in total. The van der Waals surface area contributed by atoms with Crippen molar-refractivity contribution in [1.82, 2.24) is 5.06 Å². The smallest absolute Gasteiger partial charge is 0.233 e. The average molecular weight is 370 g/mol. The molecule has 0 atom stereocenters. The first kappa shape index (κ1) is 25.6. The van der Waals surface area contributed by atoms with Gasteiger partial charge in [0.25, 0.3) is 0 Å². The maximum atomic E-state index is 12.9. The SMILES string of the molecule is C=CCCCN(C=O)OCc1ccc(F)cc1C.C=S.CCCCC. The molecule has 0 radical (unpaired) electrons. The van der Waals surface area contributed by atoms with Gasteiger partial charge in [0.15, 0.2) is 0 Å². The van der Waals surface area contributed by atoms with Gasteiger partial charge in [0.1, 0.15) is 12.4 Å². The van der Waals surface area contributed by atoms with E-state index in [1.165, 1.54) is 36.5 Å². The maximum absolute atomic E-state index is 12.9. The fourth-order valence-electron chi connectivity index (χ4n) is 1.87. The number of hydrogen-bond donors (Lipinski definition) is 0. The molecule has 0 fully saturated rings. The normalized spacial score (nSPS) is 9.12. The minimum Gasteiger partial charge on any atom is -0.276 e. The van der Waals surface area contributed by atoms with Crippen LogP contribution in [-0.4, -0.2) is 23.9 Å². The molecule has 1 rings (SSSR count). The van der Waals surface area contributed by atoms with Crippen LogP contribution in [0.25, 0.3) is 0 Å². The van der Waals surface area contributed by atoms with Gasteiger partial charge in [-0.1, -0.05) is 57.5 Å². The van der Waals surface area contributed by atoms with Gasteiger partial charge in [0, 0.05) is 6.54 Å². The Morgan fingerprint density at radius 1 is 1.24 bits per heavy atom. The Labute approximate surface area is 157 Å². The average Bonchev–Trinajstić information content (AvgIpc) is 2.62. The van der Waals surface area contributed by atoms with Gasteiger partial charge in [0.05, 0.1) is 0 Å². The van der Waals surface area contributed by atoms with E-state index in [1.54, 1.807) is 12.1 Å². The highest BCUT2D eigenvalue weighted by atomic mass is 32.1. The summed E-state index contributed by atoms with van der Waals surface area (Å²) in [5.74, 6) is 2.56. The maximum Gasteiger partial charge on any atom is 0.233 e. The number of hydrogen-bond acceptors (Lipinski definition) is 3. The molecule has 5 heteroatoms. The molecule has 142 valence electrons. The number of carbonyl (C=O) groups excluding carboxylic acids is 1. The topological polar surface area (TPSA) is 29.5 Å². The first-order valence-electron chi connectivity index (χ1n) is 8.58. The van der Waals surface area contributed by atoms with Crippen molar-refractivity contribution >= 4 is 24.5 Å². The van der Waals surface area contributed by atoms with E-state index < -0.39 is 0 Å². The summed E-state index contributed by atoms with van der Waals surface area (Å²) in [6, 6.07) is 4.49. The Balaban J connectivity index is 0. The molecule has 0 N–H and O–H groups in total. The van der Waals surface area contributed by atoms with Crippen molar-refractivity contribution in [1.29, 1.82) is 0 Å². The number of benzene rings is 1. The zero-order valence-electron chi connectivity index (χ0n) is 15.8. The van der Waals surface area contributed by atoms with Crippen LogP contribution in [-0.2, 0) is 16.2 Å². The van der Waals surface area contributed by atoms with Gasteiger partial charge in [0.2, 0.25) is 6.41 Å². The van der Waals surface area contributed by atoms with E-state index in [9.17, 15) is 9.18 Å². The van der Waals surface area contributed by atoms with E-state index in [4.69, 9.17) is 4.84 Å². The molecule has 1 amide bonds. The van der Waals surface area contributed by atoms with Crippen molar-refractivity contribution in [2.24, 2.45) is 0 Å². The molecule has 0 spiro atoms. The van der Waals surface area contributed by atoms with Gasteiger partial charge in [-0.15, -0.1) is 6.58 Å². The highest BCUT2D eigenvalue weighted by Crippen LogP contribution is 2.12. The molecule has 0 heterocycles. The highest BCUT2D eigenvalue weighted by molar-refractivity contribution is 7.77. The number of unbranched alkanes of at least 4 members (excludes halogenated alkanes) is 3. The molecule has 0 saturated carbocycles. The molecular weight excluding hydrogens is 337 g/mol. The van der Waals surface area contributed by atoms with Crippen molar-refractivity contribution in [3.05, 3.63) is 47.8 Å². The predicted molar refractivity (Wildman–Crippen MR) is 108 cm³/mol. The van der Waals surface area contributed by atoms with E-state index in [-0.39, 0.29) is 12.4 Å². The van der Waals surface area contributed by atoms with Crippen molar-refractivity contribution in [3.8, 4) is 0 Å². The molecule has 0 unspecified atom stereocenters. The minimum atomic E-state index is -0.269. The number of aryl methyl sites for hydroxylation is 1. The van der Waals surface area contributed by atoms with Crippen LogP contribution in [0.4, 0.5) is 4.39 Å². The lowest BCUT2D eigenvalue weighted by Gasteiger charge is -2.17. The van der Waals surface area contributed by atoms with E-state index >= 15 is 0 Å². The van der Waals surface area contributed by atoms with Crippen LogP contribution in [0.15, 0.2) is 30.9 Å². The number of thiocarbonyl (C=S) groups is 1. The number of allylic oxidation sites excluding steroid dienone is 1. The zero-order chi connectivity index (χ0) is 19.5. The summed E-state index contributed by atoms with van der Waals surface area (Å²) in [5.41, 5.74) is 1.68. The molecule has 0 aromatic heterocycles. The fourth-order valence-corrected chi connectivity index (χ4v) is 1.87. The van der Waals surface area contributed by atoms with Crippen LogP contribution in [0.1, 0.15) is 57.1 Å². The highest BCUT2D eigenvalue weighted by Gasteiger charge is 2.05. The molecule has 0 aliphatic carbocycles. The van der Waals surface area contributed by atoms with Gasteiger partial charge in [-0.2, -0.15) is 0 Å². The lowest BCUT2D eigenvalue weighted by atomic mass is 10.1. The summed E-state index contributed by atoms with van der Waals surface area (Å²) < 4.78 is 12.9. The van der Waals surface area contributed by atoms with Crippen LogP contribution < -0.4 is 0 Å². The summed E-state index contributed by atoms with van der Waals surface area (Å²) >= 11 is 3.83. The van der Waals surface area contributed by atoms with Gasteiger partial charge < -0.3 is 0 Å². The zero-order valence-corrected chi connectivity index (χ0v) is 16.6. The second kappa shape index (κ2) is 18.7. The summed E-state index contributed by atoms with van der Waals surface area (Å²) in [6.45, 7) is 10.6. The standard InChI is InChI=1S/C14H18FNO2.C5H12.CH2S/c1-3-4-5-8-16(11-17)18-10-13-6-7-14(15)9-12(13)2;1-3-5-4-2;1-2/h3,6-7,9,11H,1,4-5,8,10H2,2H3;3-5H2,1-2H3;1H2. The van der Waals surface area contributed by atoms with Gasteiger partial charge in [-0.3, -0.25) is 9.63 Å². The lowest BCUT2D eigenvalue weighted by Crippen LogP contribution is -2.23. The Bertz CT molecular complexity index is 467. The first-order valence-corrected chi connectivity index (χ1v) is 9.16. The fraction of sp³-hybridized carbons (Fsp3) is 0.500. The second-order valence-corrected chi connectivity index (χ2v) is 5.37. The van der Waals surface area contributed by atoms with Gasteiger partial charge in [-0.05, 0) is 48.9 Å². The number of nitrogens with zero attached hydrogens (tertiary/aromatic N) is 1. The summed E-state index contributed by atoms with van der Waals surface area (Å²) in [5, 5.41) is 1.26. The van der Waals surface area contributed by atoms with Crippen LogP contribution in [0, 0.1) is 12.7 Å². The third-order valence-electron chi connectivity index (χ3n) is 3.30. The third kappa shape index (κ3) is 14.5. The monoisotopic (exact) mass is 369 g/mol. The molecule has 0 saturated heterocycles. The van der Waals surface area contributed by atoms with E-state index in [0.29, 0.717) is 13.0 Å². The van der Waals surface area contributed by atoms with Crippen LogP contribution in [0.5, 0.6) is 0 Å².